The van der Waals surface area contributed by atoms with E-state index in [-0.39, 0.29) is 0 Å². The first kappa shape index (κ1) is 32.5. The van der Waals surface area contributed by atoms with Gasteiger partial charge in [-0.25, -0.2) is 9.97 Å². The van der Waals surface area contributed by atoms with Gasteiger partial charge in [-0.15, -0.1) is 0 Å². The maximum Gasteiger partial charge on any atom is 0.160 e. The molecule has 0 radical (unpaired) electrons. The molecule has 0 saturated heterocycles. The second-order valence-corrected chi connectivity index (χ2v) is 14.1. The number of allylic oxidation sites excluding steroid dienone is 5. The first-order chi connectivity index (χ1) is 27.2. The van der Waals surface area contributed by atoms with E-state index in [1.807, 2.05) is 18.5 Å². The molecule has 0 aliphatic carbocycles. The Bertz CT molecular complexity index is 3120. The molecule has 10 aromatic rings. The third-order valence-electron chi connectivity index (χ3n) is 10.9. The first-order valence-electron chi connectivity index (χ1n) is 18.8. The fourth-order valence-electron chi connectivity index (χ4n) is 8.35. The highest BCUT2D eigenvalue weighted by Gasteiger charge is 2.17. The third kappa shape index (κ3) is 5.67. The fourth-order valence-corrected chi connectivity index (χ4v) is 8.35. The number of benzene rings is 9. The van der Waals surface area contributed by atoms with E-state index in [1.165, 1.54) is 54.6 Å². The summed E-state index contributed by atoms with van der Waals surface area (Å²) in [5, 5.41) is 12.4. The average molecular weight is 701 g/mol. The normalized spacial score (nSPS) is 12.4. The molecule has 258 valence electrons. The van der Waals surface area contributed by atoms with E-state index in [9.17, 15) is 0 Å². The minimum absolute atomic E-state index is 0.724. The van der Waals surface area contributed by atoms with Crippen molar-refractivity contribution in [1.29, 1.82) is 0 Å². The molecule has 0 saturated carbocycles. The van der Waals surface area contributed by atoms with E-state index in [0.29, 0.717) is 0 Å². The molecule has 10 rings (SSSR count). The molecule has 0 amide bonds. The lowest BCUT2D eigenvalue weighted by atomic mass is 9.88. The molecule has 1 aromatic heterocycles. The Morgan fingerprint density at radius 1 is 0.491 bits per heavy atom. The van der Waals surface area contributed by atoms with Crippen molar-refractivity contribution in [2.24, 2.45) is 0 Å². The van der Waals surface area contributed by atoms with E-state index in [1.54, 1.807) is 0 Å². The minimum Gasteiger partial charge on any atom is -0.237 e. The van der Waals surface area contributed by atoms with Crippen LogP contribution in [0.1, 0.15) is 18.1 Å². The smallest absolute Gasteiger partial charge is 0.160 e. The van der Waals surface area contributed by atoms with Crippen molar-refractivity contribution in [3.05, 3.63) is 206 Å². The van der Waals surface area contributed by atoms with Crippen LogP contribution in [0.5, 0.6) is 0 Å². The Hall–Kier alpha value is -7.16. The van der Waals surface area contributed by atoms with Crippen LogP contribution in [0.2, 0.25) is 0 Å². The molecule has 2 heteroatoms. The summed E-state index contributed by atoms with van der Waals surface area (Å²) in [6, 6.07) is 57.1. The van der Waals surface area contributed by atoms with E-state index in [4.69, 9.17) is 9.97 Å². The van der Waals surface area contributed by atoms with Crippen LogP contribution in [0.3, 0.4) is 0 Å². The van der Waals surface area contributed by atoms with Crippen LogP contribution in [-0.4, -0.2) is 9.97 Å². The Morgan fingerprint density at radius 2 is 1.16 bits per heavy atom. The predicted octanol–water partition coefficient (Wildman–Crippen LogP) is 14.4. The first-order valence-corrected chi connectivity index (χ1v) is 18.8. The molecular formula is C53H36N2. The van der Waals surface area contributed by atoms with Gasteiger partial charge in [-0.05, 0) is 118 Å². The molecule has 0 aliphatic heterocycles. The molecule has 0 unspecified atom stereocenters. The highest BCUT2D eigenvalue weighted by molar-refractivity contribution is 6.25. The zero-order chi connectivity index (χ0) is 36.7. The second-order valence-electron chi connectivity index (χ2n) is 14.1. The quantitative estimate of drug-likeness (QED) is 0.0940. The Labute approximate surface area is 320 Å². The Morgan fingerprint density at radius 3 is 1.98 bits per heavy atom. The molecule has 2 nitrogen and oxygen atoms in total. The molecule has 1 heterocycles. The van der Waals surface area contributed by atoms with Crippen LogP contribution >= 0.6 is 0 Å². The van der Waals surface area contributed by atoms with Crippen molar-refractivity contribution in [1.82, 2.24) is 9.97 Å². The standard InChI is InChI=1S/C53H36N2/c1-2-3-12-36(40-17-10-18-42(33-40)43-27-24-39-22-21-37-15-9-16-38-25-30-48(43)51(39)50(37)38)23-28-45-44-19-7-8-20-47(44)52(53-54-31-11-32-55-53)49-34-41(26-29-46(45)49)35-13-5-4-6-14-35/h2-34H,1H3/b3-2-,28-23+,36-12+. The monoisotopic (exact) mass is 700 g/mol. The summed E-state index contributed by atoms with van der Waals surface area (Å²) in [5.74, 6) is 0.724. The largest absolute Gasteiger partial charge is 0.237 e. The van der Waals surface area contributed by atoms with Gasteiger partial charge in [0.05, 0.1) is 0 Å². The molecule has 0 atom stereocenters. The van der Waals surface area contributed by atoms with Gasteiger partial charge in [0.25, 0.3) is 0 Å². The zero-order valence-electron chi connectivity index (χ0n) is 30.4. The molecule has 0 spiro atoms. The van der Waals surface area contributed by atoms with Gasteiger partial charge in [0.2, 0.25) is 0 Å². The molecule has 9 aromatic carbocycles. The zero-order valence-corrected chi connectivity index (χ0v) is 30.4. The minimum atomic E-state index is 0.724. The summed E-state index contributed by atoms with van der Waals surface area (Å²) in [6.07, 6.45) is 14.6. The van der Waals surface area contributed by atoms with Crippen LogP contribution in [0.25, 0.3) is 99.2 Å². The van der Waals surface area contributed by atoms with Crippen LogP contribution in [0.4, 0.5) is 0 Å². The van der Waals surface area contributed by atoms with Crippen molar-refractivity contribution in [2.75, 3.05) is 0 Å². The molecule has 0 aliphatic rings. The van der Waals surface area contributed by atoms with Crippen LogP contribution in [-0.2, 0) is 0 Å². The Balaban J connectivity index is 1.14. The summed E-state index contributed by atoms with van der Waals surface area (Å²) >= 11 is 0. The van der Waals surface area contributed by atoms with E-state index >= 15 is 0 Å². The number of hydrogen-bond donors (Lipinski definition) is 0. The summed E-state index contributed by atoms with van der Waals surface area (Å²) in [5.41, 5.74) is 9.28. The molecule has 0 bridgehead atoms. The fraction of sp³-hybridized carbons (Fsp3) is 0.0189. The van der Waals surface area contributed by atoms with Gasteiger partial charge in [-0.1, -0.05) is 170 Å². The highest BCUT2D eigenvalue weighted by atomic mass is 14.9. The SMILES string of the molecule is C\C=C/C=C(\C=C\c1c2ccccc2c(-c2ncccn2)c2cc(-c3ccccc3)ccc12)c1cccc(-c2ccc3ccc4cccc5ccc2c3c45)c1. The topological polar surface area (TPSA) is 25.8 Å². The maximum atomic E-state index is 4.76. The number of rotatable bonds is 7. The van der Waals surface area contributed by atoms with Crippen molar-refractivity contribution in [3.8, 4) is 33.6 Å². The van der Waals surface area contributed by atoms with Crippen molar-refractivity contribution in [3.63, 3.8) is 0 Å². The van der Waals surface area contributed by atoms with Crippen molar-refractivity contribution >= 4 is 65.5 Å². The lowest BCUT2D eigenvalue weighted by Crippen LogP contribution is -1.94. The number of fused-ring (bicyclic) bond motifs is 2. The van der Waals surface area contributed by atoms with Crippen molar-refractivity contribution in [2.45, 2.75) is 6.92 Å². The van der Waals surface area contributed by atoms with Gasteiger partial charge in [0.15, 0.2) is 5.82 Å². The van der Waals surface area contributed by atoms with Gasteiger partial charge < -0.3 is 0 Å². The van der Waals surface area contributed by atoms with Crippen LogP contribution in [0, 0.1) is 0 Å². The summed E-state index contributed by atoms with van der Waals surface area (Å²) in [6.45, 7) is 2.06. The van der Waals surface area contributed by atoms with Crippen LogP contribution < -0.4 is 0 Å². The second kappa shape index (κ2) is 13.7. The van der Waals surface area contributed by atoms with Gasteiger partial charge in [-0.2, -0.15) is 0 Å². The van der Waals surface area contributed by atoms with Crippen LogP contribution in [0.15, 0.2) is 194 Å². The lowest BCUT2D eigenvalue weighted by Gasteiger charge is -2.16. The third-order valence-corrected chi connectivity index (χ3v) is 10.9. The molecule has 0 N–H and O–H groups in total. The number of aromatic nitrogens is 2. The number of hydrogen-bond acceptors (Lipinski definition) is 2. The van der Waals surface area contributed by atoms with E-state index < -0.39 is 0 Å². The average Bonchev–Trinajstić information content (AvgIpc) is 3.25. The summed E-state index contributed by atoms with van der Waals surface area (Å²) < 4.78 is 0. The van der Waals surface area contributed by atoms with Gasteiger partial charge in [-0.3, -0.25) is 0 Å². The van der Waals surface area contributed by atoms with Crippen molar-refractivity contribution < 1.29 is 0 Å². The summed E-state index contributed by atoms with van der Waals surface area (Å²) in [4.78, 5) is 9.52. The molecular weight excluding hydrogens is 665 g/mol. The van der Waals surface area contributed by atoms with Gasteiger partial charge in [0.1, 0.15) is 0 Å². The predicted molar refractivity (Wildman–Crippen MR) is 235 cm³/mol. The van der Waals surface area contributed by atoms with Gasteiger partial charge >= 0.3 is 0 Å². The molecule has 0 fully saturated rings. The summed E-state index contributed by atoms with van der Waals surface area (Å²) in [7, 11) is 0. The maximum absolute atomic E-state index is 4.76. The van der Waals surface area contributed by atoms with E-state index in [2.05, 4.69) is 189 Å². The Kier molecular flexibility index (Phi) is 8.08. The van der Waals surface area contributed by atoms with E-state index in [0.717, 1.165) is 49.6 Å². The highest BCUT2D eigenvalue weighted by Crippen LogP contribution is 2.42. The van der Waals surface area contributed by atoms with Gasteiger partial charge in [0, 0.05) is 18.0 Å². The molecule has 55 heavy (non-hydrogen) atoms. The number of nitrogens with zero attached hydrogens (tertiary/aromatic N) is 2. The lowest BCUT2D eigenvalue weighted by molar-refractivity contribution is 1.18.